The lowest BCUT2D eigenvalue weighted by Crippen LogP contribution is -1.99. The van der Waals surface area contributed by atoms with Gasteiger partial charge in [-0.2, -0.15) is 0 Å². The molecule has 0 N–H and O–H groups in total. The Hall–Kier alpha value is -1.35. The number of hydrogen-bond acceptors (Lipinski definition) is 3. The van der Waals surface area contributed by atoms with Crippen molar-refractivity contribution in [2.75, 3.05) is 0 Å². The van der Waals surface area contributed by atoms with Crippen molar-refractivity contribution in [1.82, 2.24) is 4.98 Å². The van der Waals surface area contributed by atoms with Gasteiger partial charge in [0.2, 0.25) is 0 Å². The van der Waals surface area contributed by atoms with Crippen molar-refractivity contribution in [3.05, 3.63) is 45.9 Å². The molecule has 1 heterocycles. The van der Waals surface area contributed by atoms with E-state index in [1.54, 1.807) is 11.3 Å². The van der Waals surface area contributed by atoms with Crippen LogP contribution in [0.15, 0.2) is 29.6 Å². The SMILES string of the molecule is CC.CC.CCC[C@@H](C)Cc1ccc(OCc2csc(C)n2)cc1. The van der Waals surface area contributed by atoms with Crippen molar-refractivity contribution in [2.24, 2.45) is 5.92 Å². The molecule has 24 heavy (non-hydrogen) atoms. The van der Waals surface area contributed by atoms with Crippen molar-refractivity contribution >= 4 is 11.3 Å². The molecule has 1 aromatic heterocycles. The quantitative estimate of drug-likeness (QED) is 0.533. The summed E-state index contributed by atoms with van der Waals surface area (Å²) < 4.78 is 5.76. The largest absolute Gasteiger partial charge is 0.487 e. The lowest BCUT2D eigenvalue weighted by molar-refractivity contribution is 0.302. The van der Waals surface area contributed by atoms with Gasteiger partial charge >= 0.3 is 0 Å². The number of nitrogens with zero attached hydrogens (tertiary/aromatic N) is 1. The summed E-state index contributed by atoms with van der Waals surface area (Å²) in [7, 11) is 0. The highest BCUT2D eigenvalue weighted by Gasteiger charge is 2.04. The normalized spacial score (nSPS) is 10.8. The minimum atomic E-state index is 0.552. The van der Waals surface area contributed by atoms with E-state index < -0.39 is 0 Å². The van der Waals surface area contributed by atoms with Crippen LogP contribution in [0, 0.1) is 12.8 Å². The Labute approximate surface area is 153 Å². The summed E-state index contributed by atoms with van der Waals surface area (Å²) >= 11 is 1.66. The molecule has 0 aliphatic carbocycles. The highest BCUT2D eigenvalue weighted by atomic mass is 32.1. The maximum absolute atomic E-state index is 5.76. The molecule has 0 saturated heterocycles. The summed E-state index contributed by atoms with van der Waals surface area (Å²) in [4.78, 5) is 4.40. The van der Waals surface area contributed by atoms with Crippen LogP contribution in [-0.4, -0.2) is 4.98 Å². The Morgan fingerprint density at radius 3 is 2.21 bits per heavy atom. The second-order valence-electron chi connectivity index (χ2n) is 5.39. The van der Waals surface area contributed by atoms with E-state index in [1.165, 1.54) is 18.4 Å². The molecule has 2 rings (SSSR count). The van der Waals surface area contributed by atoms with E-state index in [0.29, 0.717) is 6.61 Å². The lowest BCUT2D eigenvalue weighted by atomic mass is 9.97. The zero-order chi connectivity index (χ0) is 18.4. The third-order valence-electron chi connectivity index (χ3n) is 3.34. The zero-order valence-electron chi connectivity index (χ0n) is 16.6. The highest BCUT2D eigenvalue weighted by molar-refractivity contribution is 7.09. The van der Waals surface area contributed by atoms with Gasteiger partial charge in [0.05, 0.1) is 10.7 Å². The van der Waals surface area contributed by atoms with Gasteiger partial charge in [0.15, 0.2) is 0 Å². The molecule has 0 bridgehead atoms. The number of thiazole rings is 1. The van der Waals surface area contributed by atoms with Gasteiger partial charge in [-0.3, -0.25) is 0 Å². The van der Waals surface area contributed by atoms with Gasteiger partial charge in [-0.15, -0.1) is 11.3 Å². The van der Waals surface area contributed by atoms with E-state index in [4.69, 9.17) is 4.74 Å². The molecule has 2 nitrogen and oxygen atoms in total. The number of aromatic nitrogens is 1. The first-order valence-corrected chi connectivity index (χ1v) is 10.2. The third kappa shape index (κ3) is 9.07. The number of ether oxygens (including phenoxy) is 1. The molecular weight excluding hydrogens is 314 g/mol. The second kappa shape index (κ2) is 14.0. The smallest absolute Gasteiger partial charge is 0.131 e. The summed E-state index contributed by atoms with van der Waals surface area (Å²) in [5.41, 5.74) is 2.40. The predicted octanol–water partition coefficient (Wildman–Crippen LogP) is 7.06. The fourth-order valence-electron chi connectivity index (χ4n) is 2.35. The maximum Gasteiger partial charge on any atom is 0.131 e. The summed E-state index contributed by atoms with van der Waals surface area (Å²) in [5.74, 6) is 1.67. The number of benzene rings is 1. The molecule has 0 radical (unpaired) electrons. The van der Waals surface area contributed by atoms with Crippen LogP contribution >= 0.6 is 11.3 Å². The van der Waals surface area contributed by atoms with Gasteiger partial charge in [0.1, 0.15) is 12.4 Å². The van der Waals surface area contributed by atoms with Crippen LogP contribution in [0.2, 0.25) is 0 Å². The van der Waals surface area contributed by atoms with Crippen molar-refractivity contribution < 1.29 is 4.74 Å². The fourth-order valence-corrected chi connectivity index (χ4v) is 2.95. The van der Waals surface area contributed by atoms with Gasteiger partial charge in [-0.1, -0.05) is 66.5 Å². The molecule has 0 spiro atoms. The molecule has 1 aromatic carbocycles. The maximum atomic E-state index is 5.76. The van der Waals surface area contributed by atoms with Crippen LogP contribution in [-0.2, 0) is 13.0 Å². The second-order valence-corrected chi connectivity index (χ2v) is 6.45. The summed E-state index contributed by atoms with van der Waals surface area (Å²) in [6, 6.07) is 8.47. The van der Waals surface area contributed by atoms with Crippen LogP contribution in [0.1, 0.15) is 70.6 Å². The first-order chi connectivity index (χ1) is 11.7. The first-order valence-electron chi connectivity index (χ1n) is 9.30. The van der Waals surface area contributed by atoms with E-state index in [9.17, 15) is 0 Å². The average molecular weight is 350 g/mol. The molecular formula is C21H35NOS. The van der Waals surface area contributed by atoms with E-state index >= 15 is 0 Å². The monoisotopic (exact) mass is 349 g/mol. The van der Waals surface area contributed by atoms with Crippen LogP contribution in [0.3, 0.4) is 0 Å². The predicted molar refractivity (Wildman–Crippen MR) is 108 cm³/mol. The number of hydrogen-bond donors (Lipinski definition) is 0. The minimum Gasteiger partial charge on any atom is -0.487 e. The van der Waals surface area contributed by atoms with Crippen molar-refractivity contribution in [3.63, 3.8) is 0 Å². The average Bonchev–Trinajstić information content (AvgIpc) is 3.03. The Morgan fingerprint density at radius 2 is 1.71 bits per heavy atom. The molecule has 3 heteroatoms. The molecule has 2 aromatic rings. The van der Waals surface area contributed by atoms with Gasteiger partial charge < -0.3 is 4.74 Å². The van der Waals surface area contributed by atoms with Crippen molar-refractivity contribution in [2.45, 2.75) is 74.3 Å². The zero-order valence-corrected chi connectivity index (χ0v) is 17.4. The van der Waals surface area contributed by atoms with Crippen molar-refractivity contribution in [3.8, 4) is 5.75 Å². The molecule has 136 valence electrons. The number of rotatable bonds is 7. The molecule has 0 aliphatic heterocycles. The molecule has 1 atom stereocenters. The summed E-state index contributed by atoms with van der Waals surface area (Å²) in [6.45, 7) is 15.1. The topological polar surface area (TPSA) is 22.1 Å². The third-order valence-corrected chi connectivity index (χ3v) is 4.16. The summed E-state index contributed by atoms with van der Waals surface area (Å²) in [6.07, 6.45) is 3.70. The van der Waals surface area contributed by atoms with Crippen LogP contribution in [0.4, 0.5) is 0 Å². The lowest BCUT2D eigenvalue weighted by Gasteiger charge is -2.10. The van der Waals surface area contributed by atoms with Gasteiger partial charge in [0.25, 0.3) is 0 Å². The van der Waals surface area contributed by atoms with Crippen LogP contribution < -0.4 is 4.74 Å². The molecule has 0 amide bonds. The fraction of sp³-hybridized carbons (Fsp3) is 0.571. The Bertz CT molecular complexity index is 519. The highest BCUT2D eigenvalue weighted by Crippen LogP contribution is 2.18. The number of aryl methyl sites for hydroxylation is 1. The first kappa shape index (κ1) is 22.6. The minimum absolute atomic E-state index is 0.552. The molecule has 0 unspecified atom stereocenters. The van der Waals surface area contributed by atoms with Crippen LogP contribution in [0.25, 0.3) is 0 Å². The Balaban J connectivity index is 0.00000123. The van der Waals surface area contributed by atoms with Crippen molar-refractivity contribution in [1.29, 1.82) is 0 Å². The molecule has 0 saturated carbocycles. The van der Waals surface area contributed by atoms with E-state index in [0.717, 1.165) is 28.8 Å². The van der Waals surface area contributed by atoms with Gasteiger partial charge in [-0.05, 0) is 37.0 Å². The summed E-state index contributed by atoms with van der Waals surface area (Å²) in [5, 5.41) is 3.14. The molecule has 0 fully saturated rings. The standard InChI is InChI=1S/C17H23NOS.2C2H6/c1-4-5-13(2)10-15-6-8-17(9-7-15)19-11-16-12-20-14(3)18-16;2*1-2/h6-9,12-13H,4-5,10-11H2,1-3H3;2*1-2H3/t13-;;/m1../s1. The van der Waals surface area contributed by atoms with Crippen LogP contribution in [0.5, 0.6) is 5.75 Å². The van der Waals surface area contributed by atoms with E-state index in [-0.39, 0.29) is 0 Å². The van der Waals surface area contributed by atoms with E-state index in [2.05, 4.69) is 48.5 Å². The Morgan fingerprint density at radius 1 is 1.08 bits per heavy atom. The molecule has 0 aliphatic rings. The Kier molecular flexibility index (Phi) is 13.2. The van der Waals surface area contributed by atoms with Gasteiger partial charge in [-0.25, -0.2) is 4.98 Å². The van der Waals surface area contributed by atoms with E-state index in [1.807, 2.05) is 34.6 Å². The van der Waals surface area contributed by atoms with Gasteiger partial charge in [0, 0.05) is 5.38 Å².